The van der Waals surface area contributed by atoms with E-state index in [4.69, 9.17) is 4.74 Å². The zero-order valence-corrected chi connectivity index (χ0v) is 12.6. The van der Waals surface area contributed by atoms with Gasteiger partial charge in [-0.05, 0) is 50.2 Å². The first-order valence-corrected chi connectivity index (χ1v) is 6.85. The zero-order chi connectivity index (χ0) is 17.0. The molecule has 7 heteroatoms. The number of anilines is 1. The Morgan fingerprint density at radius 3 is 2.48 bits per heavy atom. The van der Waals surface area contributed by atoms with Gasteiger partial charge in [-0.2, -0.15) is 0 Å². The van der Waals surface area contributed by atoms with Gasteiger partial charge >= 0.3 is 0 Å². The molecule has 2 aromatic carbocycles. The quantitative estimate of drug-likeness (QED) is 0.676. The summed E-state index contributed by atoms with van der Waals surface area (Å²) in [7, 11) is 0. The predicted octanol–water partition coefficient (Wildman–Crippen LogP) is 3.45. The molecule has 0 aliphatic carbocycles. The van der Waals surface area contributed by atoms with Crippen molar-refractivity contribution in [2.45, 2.75) is 20.0 Å². The Kier molecular flexibility index (Phi) is 4.90. The molecule has 120 valence electrons. The van der Waals surface area contributed by atoms with Gasteiger partial charge in [0.05, 0.1) is 4.92 Å². The molecule has 1 atom stereocenters. The lowest BCUT2D eigenvalue weighted by Crippen LogP contribution is -2.30. The average molecular weight is 318 g/mol. The molecule has 0 radical (unpaired) electrons. The number of carbonyl (C=O) groups excluding carboxylic acids is 1. The van der Waals surface area contributed by atoms with Crippen LogP contribution >= 0.6 is 0 Å². The number of nitrogens with zero attached hydrogens (tertiary/aromatic N) is 1. The van der Waals surface area contributed by atoms with Crippen LogP contribution in [-0.2, 0) is 4.79 Å². The number of halogens is 1. The summed E-state index contributed by atoms with van der Waals surface area (Å²) >= 11 is 0. The molecule has 2 rings (SSSR count). The molecule has 0 saturated heterocycles. The van der Waals surface area contributed by atoms with Crippen LogP contribution < -0.4 is 10.1 Å². The number of hydrogen-bond donors (Lipinski definition) is 1. The average Bonchev–Trinajstić information content (AvgIpc) is 2.49. The van der Waals surface area contributed by atoms with Gasteiger partial charge in [0.2, 0.25) is 0 Å². The van der Waals surface area contributed by atoms with Gasteiger partial charge in [0.25, 0.3) is 11.6 Å². The van der Waals surface area contributed by atoms with Crippen molar-refractivity contribution < 1.29 is 18.8 Å². The Balaban J connectivity index is 2.02. The van der Waals surface area contributed by atoms with E-state index >= 15 is 0 Å². The largest absolute Gasteiger partial charge is 0.481 e. The lowest BCUT2D eigenvalue weighted by Gasteiger charge is -2.15. The number of ether oxygens (including phenoxy) is 1. The molecule has 0 aromatic heterocycles. The maximum Gasteiger partial charge on any atom is 0.272 e. The third-order valence-corrected chi connectivity index (χ3v) is 3.16. The molecule has 0 heterocycles. The van der Waals surface area contributed by atoms with E-state index < -0.39 is 22.8 Å². The molecule has 2 aromatic rings. The molecule has 0 aliphatic rings. The zero-order valence-electron chi connectivity index (χ0n) is 12.6. The number of nitro groups is 1. The van der Waals surface area contributed by atoms with Gasteiger partial charge in [0.1, 0.15) is 11.6 Å². The first-order valence-electron chi connectivity index (χ1n) is 6.85. The predicted molar refractivity (Wildman–Crippen MR) is 83.0 cm³/mol. The highest BCUT2D eigenvalue weighted by atomic mass is 19.1. The minimum atomic E-state index is -0.809. The molecule has 0 saturated carbocycles. The molecule has 6 nitrogen and oxygen atoms in total. The number of benzene rings is 2. The molecule has 0 aliphatic heterocycles. The van der Waals surface area contributed by atoms with Crippen molar-refractivity contribution in [2.24, 2.45) is 0 Å². The van der Waals surface area contributed by atoms with Crippen LogP contribution in [0.25, 0.3) is 0 Å². The van der Waals surface area contributed by atoms with Gasteiger partial charge in [-0.15, -0.1) is 0 Å². The van der Waals surface area contributed by atoms with Crippen LogP contribution in [0.2, 0.25) is 0 Å². The first kappa shape index (κ1) is 16.4. The topological polar surface area (TPSA) is 81.5 Å². The van der Waals surface area contributed by atoms with Crippen molar-refractivity contribution in [1.29, 1.82) is 0 Å². The summed E-state index contributed by atoms with van der Waals surface area (Å²) in [5, 5.41) is 13.4. The van der Waals surface area contributed by atoms with Gasteiger partial charge in [0.15, 0.2) is 6.10 Å². The highest BCUT2D eigenvalue weighted by Gasteiger charge is 2.16. The lowest BCUT2D eigenvalue weighted by atomic mass is 10.2. The molecule has 1 amide bonds. The smallest absolute Gasteiger partial charge is 0.272 e. The summed E-state index contributed by atoms with van der Waals surface area (Å²) < 4.78 is 18.2. The van der Waals surface area contributed by atoms with Crippen molar-refractivity contribution in [3.63, 3.8) is 0 Å². The maximum atomic E-state index is 12.8. The summed E-state index contributed by atoms with van der Waals surface area (Å²) in [6.07, 6.45) is -0.809. The van der Waals surface area contributed by atoms with Crippen molar-refractivity contribution in [2.75, 3.05) is 5.32 Å². The summed E-state index contributed by atoms with van der Waals surface area (Å²) in [5.74, 6) is -0.438. The molecular weight excluding hydrogens is 303 g/mol. The number of nitro benzene ring substituents is 1. The second-order valence-electron chi connectivity index (χ2n) is 4.96. The van der Waals surface area contributed by atoms with Crippen LogP contribution in [0, 0.1) is 22.9 Å². The van der Waals surface area contributed by atoms with Crippen molar-refractivity contribution in [3.05, 3.63) is 64.0 Å². The molecule has 0 spiro atoms. The van der Waals surface area contributed by atoms with Gasteiger partial charge in [0, 0.05) is 17.3 Å². The van der Waals surface area contributed by atoms with Gasteiger partial charge in [-0.1, -0.05) is 0 Å². The van der Waals surface area contributed by atoms with E-state index in [0.29, 0.717) is 17.0 Å². The second kappa shape index (κ2) is 6.87. The summed E-state index contributed by atoms with van der Waals surface area (Å²) in [5.41, 5.74) is 0.867. The van der Waals surface area contributed by atoms with Crippen LogP contribution in [0.1, 0.15) is 12.5 Å². The monoisotopic (exact) mass is 318 g/mol. The number of amides is 1. The van der Waals surface area contributed by atoms with Gasteiger partial charge in [-0.25, -0.2) is 4.39 Å². The number of carbonyl (C=O) groups is 1. The normalized spacial score (nSPS) is 11.6. The lowest BCUT2D eigenvalue weighted by molar-refractivity contribution is -0.385. The Hall–Kier alpha value is -2.96. The second-order valence-corrected chi connectivity index (χ2v) is 4.96. The van der Waals surface area contributed by atoms with Crippen molar-refractivity contribution in [1.82, 2.24) is 0 Å². The Bertz CT molecular complexity index is 731. The van der Waals surface area contributed by atoms with Crippen molar-refractivity contribution >= 4 is 17.3 Å². The van der Waals surface area contributed by atoms with E-state index in [1.54, 1.807) is 13.8 Å². The fourth-order valence-corrected chi connectivity index (χ4v) is 1.95. The van der Waals surface area contributed by atoms with E-state index in [9.17, 15) is 19.3 Å². The highest BCUT2D eigenvalue weighted by Crippen LogP contribution is 2.22. The minimum absolute atomic E-state index is 0.0152. The SMILES string of the molecule is Cc1cc(NC(=O)[C@@H](C)Oc2ccc(F)cc2)ccc1[N+](=O)[O-]. The van der Waals surface area contributed by atoms with Gasteiger partial charge < -0.3 is 10.1 Å². The first-order chi connectivity index (χ1) is 10.9. The summed E-state index contributed by atoms with van der Waals surface area (Å²) in [6, 6.07) is 9.62. The van der Waals surface area contributed by atoms with Gasteiger partial charge in [-0.3, -0.25) is 14.9 Å². The Labute approximate surface area is 132 Å². The summed E-state index contributed by atoms with van der Waals surface area (Å²) in [4.78, 5) is 22.3. The molecule has 0 unspecified atom stereocenters. The number of aryl methyl sites for hydroxylation is 1. The molecule has 0 bridgehead atoms. The number of hydrogen-bond acceptors (Lipinski definition) is 4. The van der Waals surface area contributed by atoms with E-state index in [1.807, 2.05) is 0 Å². The third kappa shape index (κ3) is 4.26. The van der Waals surface area contributed by atoms with Crippen molar-refractivity contribution in [3.8, 4) is 5.75 Å². The van der Waals surface area contributed by atoms with E-state index in [1.165, 1.54) is 42.5 Å². The van der Waals surface area contributed by atoms with E-state index in [-0.39, 0.29) is 5.69 Å². The number of rotatable bonds is 5. The molecule has 1 N–H and O–H groups in total. The maximum absolute atomic E-state index is 12.8. The molecular formula is C16H15FN2O4. The van der Waals surface area contributed by atoms with Crippen LogP contribution in [0.15, 0.2) is 42.5 Å². The fourth-order valence-electron chi connectivity index (χ4n) is 1.95. The highest BCUT2D eigenvalue weighted by molar-refractivity contribution is 5.94. The van der Waals surface area contributed by atoms with E-state index in [2.05, 4.69) is 5.32 Å². The molecule has 23 heavy (non-hydrogen) atoms. The fraction of sp³-hybridized carbons (Fsp3) is 0.188. The minimum Gasteiger partial charge on any atom is -0.481 e. The summed E-state index contributed by atoms with van der Waals surface area (Å²) in [6.45, 7) is 3.14. The van der Waals surface area contributed by atoms with E-state index in [0.717, 1.165) is 0 Å². The van der Waals surface area contributed by atoms with Crippen LogP contribution in [0.4, 0.5) is 15.8 Å². The standard InChI is InChI=1S/C16H15FN2O4/c1-10-9-13(5-8-15(10)19(21)22)18-16(20)11(2)23-14-6-3-12(17)4-7-14/h3-9,11H,1-2H3,(H,18,20)/t11-/m1/s1. The van der Waals surface area contributed by atoms with Crippen LogP contribution in [0.5, 0.6) is 5.75 Å². The Morgan fingerprint density at radius 2 is 1.91 bits per heavy atom. The number of nitrogens with one attached hydrogen (secondary N) is 1. The van der Waals surface area contributed by atoms with Crippen LogP contribution in [0.3, 0.4) is 0 Å². The third-order valence-electron chi connectivity index (χ3n) is 3.16. The Morgan fingerprint density at radius 1 is 1.26 bits per heavy atom. The van der Waals surface area contributed by atoms with Crippen LogP contribution in [-0.4, -0.2) is 16.9 Å². The molecule has 0 fully saturated rings.